The molecule has 0 spiro atoms. The predicted octanol–water partition coefficient (Wildman–Crippen LogP) is 3.14. The molecule has 23 heavy (non-hydrogen) atoms. The predicted molar refractivity (Wildman–Crippen MR) is 86.5 cm³/mol. The second-order valence-electron chi connectivity index (χ2n) is 6.86. The van der Waals surface area contributed by atoms with Gasteiger partial charge in [0.2, 0.25) is 5.89 Å². The fraction of sp³-hybridized carbons (Fsp3) is 0.556. The quantitative estimate of drug-likeness (QED) is 0.938. The number of benzene rings is 1. The van der Waals surface area contributed by atoms with Gasteiger partial charge in [0, 0.05) is 17.5 Å². The smallest absolute Gasteiger partial charge is 0.229 e. The number of methoxy groups -OCH3 is 1. The summed E-state index contributed by atoms with van der Waals surface area (Å²) in [6.07, 6.45) is 6.36. The maximum Gasteiger partial charge on any atom is 0.229 e. The highest BCUT2D eigenvalue weighted by atomic mass is 16.5. The van der Waals surface area contributed by atoms with E-state index in [9.17, 15) is 0 Å². The zero-order valence-electron chi connectivity index (χ0n) is 13.5. The van der Waals surface area contributed by atoms with Gasteiger partial charge in [0.15, 0.2) is 5.82 Å². The molecule has 2 atom stereocenters. The third-order valence-electron chi connectivity index (χ3n) is 5.31. The number of aromatic nitrogens is 2. The van der Waals surface area contributed by atoms with E-state index in [1.165, 1.54) is 0 Å². The Hall–Kier alpha value is -1.88. The summed E-state index contributed by atoms with van der Waals surface area (Å²) in [5, 5.41) is 4.32. The standard InChI is InChI=1S/C18H23N3O2/c1-22-15-8-3-2-7-14(15)18(9-10-18)17-20-16(23-21-17)12-5-4-6-13(19)11-12/h2-3,7-8,12-13H,4-6,9-11,19H2,1H3/t12-,13+/m1/s1. The van der Waals surface area contributed by atoms with Crippen molar-refractivity contribution in [1.29, 1.82) is 0 Å². The molecule has 0 unspecified atom stereocenters. The van der Waals surface area contributed by atoms with Gasteiger partial charge in [0.25, 0.3) is 0 Å². The first-order valence-electron chi connectivity index (χ1n) is 8.46. The lowest BCUT2D eigenvalue weighted by Gasteiger charge is -2.23. The van der Waals surface area contributed by atoms with Gasteiger partial charge in [0.05, 0.1) is 12.5 Å². The Bertz CT molecular complexity index is 693. The third kappa shape index (κ3) is 2.53. The SMILES string of the molecule is COc1ccccc1C1(c2noc([C@@H]3CCC[C@H](N)C3)n2)CC1. The van der Waals surface area contributed by atoms with Gasteiger partial charge in [0.1, 0.15) is 5.75 Å². The molecule has 4 rings (SSSR count). The molecule has 2 aliphatic carbocycles. The van der Waals surface area contributed by atoms with Crippen molar-refractivity contribution in [3.05, 3.63) is 41.5 Å². The minimum atomic E-state index is -0.134. The van der Waals surface area contributed by atoms with Crippen molar-refractivity contribution in [2.45, 2.75) is 55.9 Å². The molecule has 2 N–H and O–H groups in total. The molecule has 2 saturated carbocycles. The van der Waals surface area contributed by atoms with Crippen LogP contribution in [0.25, 0.3) is 0 Å². The van der Waals surface area contributed by atoms with Gasteiger partial charge in [-0.3, -0.25) is 0 Å². The first-order valence-corrected chi connectivity index (χ1v) is 8.46. The topological polar surface area (TPSA) is 74.2 Å². The third-order valence-corrected chi connectivity index (χ3v) is 5.31. The normalized spacial score (nSPS) is 26.0. The van der Waals surface area contributed by atoms with Crippen LogP contribution in [0.5, 0.6) is 5.75 Å². The minimum absolute atomic E-state index is 0.134. The van der Waals surface area contributed by atoms with Crippen molar-refractivity contribution in [1.82, 2.24) is 10.1 Å². The first kappa shape index (κ1) is 14.7. The molecule has 5 heteroatoms. The summed E-state index contributed by atoms with van der Waals surface area (Å²) in [5.74, 6) is 2.77. The average molecular weight is 313 g/mol. The van der Waals surface area contributed by atoms with Crippen LogP contribution >= 0.6 is 0 Å². The van der Waals surface area contributed by atoms with Crippen molar-refractivity contribution < 1.29 is 9.26 Å². The lowest BCUT2D eigenvalue weighted by molar-refractivity contribution is 0.296. The molecule has 0 bridgehead atoms. The molecule has 1 aromatic carbocycles. The monoisotopic (exact) mass is 313 g/mol. The molecule has 1 heterocycles. The Kier molecular flexibility index (Phi) is 3.60. The Morgan fingerprint density at radius 3 is 2.83 bits per heavy atom. The largest absolute Gasteiger partial charge is 0.496 e. The van der Waals surface area contributed by atoms with E-state index in [1.54, 1.807) is 7.11 Å². The van der Waals surface area contributed by atoms with Crippen molar-refractivity contribution in [2.75, 3.05) is 7.11 Å². The van der Waals surface area contributed by atoms with E-state index in [4.69, 9.17) is 20.0 Å². The summed E-state index contributed by atoms with van der Waals surface area (Å²) >= 11 is 0. The molecule has 0 aliphatic heterocycles. The van der Waals surface area contributed by atoms with Crippen LogP contribution in [-0.4, -0.2) is 23.3 Å². The van der Waals surface area contributed by atoms with Crippen molar-refractivity contribution >= 4 is 0 Å². The van der Waals surface area contributed by atoms with Gasteiger partial charge >= 0.3 is 0 Å². The summed E-state index contributed by atoms with van der Waals surface area (Å²) in [6.45, 7) is 0. The van der Waals surface area contributed by atoms with Crippen LogP contribution in [0.1, 0.15) is 61.7 Å². The van der Waals surface area contributed by atoms with Gasteiger partial charge in [-0.15, -0.1) is 0 Å². The molecule has 5 nitrogen and oxygen atoms in total. The highest BCUT2D eigenvalue weighted by Gasteiger charge is 2.51. The Morgan fingerprint density at radius 1 is 1.26 bits per heavy atom. The number of rotatable bonds is 4. The fourth-order valence-corrected chi connectivity index (χ4v) is 3.83. The molecule has 0 radical (unpaired) electrons. The first-order chi connectivity index (χ1) is 11.2. The highest BCUT2D eigenvalue weighted by molar-refractivity contribution is 5.47. The van der Waals surface area contributed by atoms with E-state index in [0.29, 0.717) is 5.92 Å². The van der Waals surface area contributed by atoms with Gasteiger partial charge in [-0.05, 0) is 38.2 Å². The zero-order chi connectivity index (χ0) is 15.9. The average Bonchev–Trinajstić information content (AvgIpc) is 3.24. The molecule has 2 aliphatic rings. The second-order valence-corrected chi connectivity index (χ2v) is 6.86. The fourth-order valence-electron chi connectivity index (χ4n) is 3.83. The van der Waals surface area contributed by atoms with E-state index in [1.807, 2.05) is 18.2 Å². The zero-order valence-corrected chi connectivity index (χ0v) is 13.5. The van der Waals surface area contributed by atoms with Crippen LogP contribution < -0.4 is 10.5 Å². The maximum absolute atomic E-state index is 6.09. The van der Waals surface area contributed by atoms with E-state index in [2.05, 4.69) is 11.2 Å². The maximum atomic E-state index is 6.09. The lowest BCUT2D eigenvalue weighted by Crippen LogP contribution is -2.27. The number of para-hydroxylation sites is 1. The van der Waals surface area contributed by atoms with Gasteiger partial charge in [-0.25, -0.2) is 0 Å². The minimum Gasteiger partial charge on any atom is -0.496 e. The Labute approximate surface area is 136 Å². The highest BCUT2D eigenvalue weighted by Crippen LogP contribution is 2.55. The summed E-state index contributed by atoms with van der Waals surface area (Å²) in [7, 11) is 1.71. The van der Waals surface area contributed by atoms with E-state index >= 15 is 0 Å². The lowest BCUT2D eigenvalue weighted by atomic mass is 9.86. The molecule has 2 aromatic rings. The molecule has 0 saturated heterocycles. The van der Waals surface area contributed by atoms with Gasteiger partial charge in [-0.2, -0.15) is 4.98 Å². The van der Waals surface area contributed by atoms with E-state index < -0.39 is 0 Å². The van der Waals surface area contributed by atoms with E-state index in [-0.39, 0.29) is 11.5 Å². The molecular formula is C18H23N3O2. The Balaban J connectivity index is 1.63. The molecule has 2 fully saturated rings. The number of nitrogens with two attached hydrogens (primary N) is 1. The van der Waals surface area contributed by atoms with Gasteiger partial charge in [-0.1, -0.05) is 29.8 Å². The van der Waals surface area contributed by atoms with Crippen molar-refractivity contribution in [3.8, 4) is 5.75 Å². The summed E-state index contributed by atoms with van der Waals surface area (Å²) < 4.78 is 11.1. The van der Waals surface area contributed by atoms with Crippen molar-refractivity contribution in [3.63, 3.8) is 0 Å². The number of nitrogens with zero attached hydrogens (tertiary/aromatic N) is 2. The molecule has 122 valence electrons. The second kappa shape index (κ2) is 5.64. The van der Waals surface area contributed by atoms with Crippen LogP contribution in [0.4, 0.5) is 0 Å². The summed E-state index contributed by atoms with van der Waals surface area (Å²) in [4.78, 5) is 4.77. The number of hydrogen-bond donors (Lipinski definition) is 1. The summed E-state index contributed by atoms with van der Waals surface area (Å²) in [6, 6.07) is 8.39. The van der Waals surface area contributed by atoms with Crippen LogP contribution in [0.3, 0.4) is 0 Å². The molecular weight excluding hydrogens is 290 g/mol. The van der Waals surface area contributed by atoms with Crippen LogP contribution in [0, 0.1) is 0 Å². The van der Waals surface area contributed by atoms with E-state index in [0.717, 1.165) is 61.6 Å². The van der Waals surface area contributed by atoms with Crippen LogP contribution in [0.2, 0.25) is 0 Å². The van der Waals surface area contributed by atoms with Gasteiger partial charge < -0.3 is 15.0 Å². The molecule has 1 aromatic heterocycles. The Morgan fingerprint density at radius 2 is 2.09 bits per heavy atom. The van der Waals surface area contributed by atoms with Crippen LogP contribution in [-0.2, 0) is 5.41 Å². The molecule has 0 amide bonds. The summed E-state index contributed by atoms with van der Waals surface area (Å²) in [5.41, 5.74) is 7.12. The van der Waals surface area contributed by atoms with Crippen molar-refractivity contribution in [2.24, 2.45) is 5.73 Å². The number of hydrogen-bond acceptors (Lipinski definition) is 5. The number of ether oxygens (including phenoxy) is 1. The van der Waals surface area contributed by atoms with Crippen LogP contribution in [0.15, 0.2) is 28.8 Å².